The number of likely N-dealkylation sites (N-methyl/N-ethyl adjacent to an activating group) is 1. The Kier molecular flexibility index (Phi) is 5.87. The van der Waals surface area contributed by atoms with Gasteiger partial charge < -0.3 is 18.8 Å². The third kappa shape index (κ3) is 3.53. The first-order valence-corrected chi connectivity index (χ1v) is 15.2. The number of nitrogens with zero attached hydrogens (tertiary/aromatic N) is 2. The second-order valence-corrected chi connectivity index (χ2v) is 13.1. The molecule has 1 aromatic heterocycles. The topological polar surface area (TPSA) is 89.3 Å². The molecular weight excluding hydrogens is 528 g/mol. The van der Waals surface area contributed by atoms with E-state index in [4.69, 9.17) is 13.9 Å². The van der Waals surface area contributed by atoms with Crippen molar-refractivity contribution < 1.29 is 27.1 Å². The van der Waals surface area contributed by atoms with Crippen LogP contribution in [0.4, 0.5) is 0 Å². The van der Waals surface area contributed by atoms with Crippen molar-refractivity contribution in [1.29, 1.82) is 0 Å². The van der Waals surface area contributed by atoms with E-state index >= 15 is 0 Å². The van der Waals surface area contributed by atoms with Crippen LogP contribution in [0.25, 0.3) is 6.08 Å². The third-order valence-electron chi connectivity index (χ3n) is 9.60. The Bertz CT molecular complexity index is 1590. The number of carbonyl (C=O) groups is 1. The minimum atomic E-state index is -3.67. The molecule has 8 nitrogen and oxygen atoms in total. The summed E-state index contributed by atoms with van der Waals surface area (Å²) in [4.78, 5) is 15.5. The number of hydrogen-bond acceptors (Lipinski definition) is 6. The average molecular weight is 561 g/mol. The van der Waals surface area contributed by atoms with Gasteiger partial charge in [0.1, 0.15) is 6.10 Å². The van der Waals surface area contributed by atoms with Crippen molar-refractivity contribution in [2.24, 2.45) is 5.92 Å². The van der Waals surface area contributed by atoms with E-state index in [-0.39, 0.29) is 30.0 Å². The first kappa shape index (κ1) is 25.4. The van der Waals surface area contributed by atoms with E-state index < -0.39 is 15.4 Å². The molecule has 0 radical (unpaired) electrons. The summed E-state index contributed by atoms with van der Waals surface area (Å²) >= 11 is 0. The zero-order chi connectivity index (χ0) is 27.6. The number of amides is 1. The molecule has 0 unspecified atom stereocenters. The molecule has 2 aliphatic carbocycles. The van der Waals surface area contributed by atoms with Gasteiger partial charge in [0.15, 0.2) is 11.5 Å². The van der Waals surface area contributed by atoms with E-state index in [0.717, 1.165) is 35.3 Å². The molecule has 1 saturated heterocycles. The number of piperidine rings is 1. The second-order valence-electron chi connectivity index (χ2n) is 11.3. The SMILES string of the molecule is COc1ccc2c3c1O[C@H]1[C@@H](N(C)C(=O)/C=C/c4ccoc4)CC[C@H]4[C@@H](C2)N(S(=O)(=O)c2ccccc2)CC[C@@]341. The molecule has 5 atom stereocenters. The molecule has 40 heavy (non-hydrogen) atoms. The lowest BCUT2D eigenvalue weighted by atomic mass is 9.51. The van der Waals surface area contributed by atoms with Crippen molar-refractivity contribution in [2.75, 3.05) is 20.7 Å². The lowest BCUT2D eigenvalue weighted by Gasteiger charge is -2.59. The van der Waals surface area contributed by atoms with Crippen LogP contribution < -0.4 is 9.47 Å². The molecule has 2 fully saturated rings. The predicted molar refractivity (Wildman–Crippen MR) is 149 cm³/mol. The summed E-state index contributed by atoms with van der Waals surface area (Å²) < 4.78 is 47.2. The van der Waals surface area contributed by atoms with Gasteiger partial charge in [-0.1, -0.05) is 24.3 Å². The number of furan rings is 1. The number of ether oxygens (including phenoxy) is 2. The van der Waals surface area contributed by atoms with Gasteiger partial charge in [0.2, 0.25) is 15.9 Å². The van der Waals surface area contributed by atoms with Crippen LogP contribution >= 0.6 is 0 Å². The number of methoxy groups -OCH3 is 1. The Morgan fingerprint density at radius 3 is 2.73 bits per heavy atom. The molecule has 4 aliphatic rings. The maximum Gasteiger partial charge on any atom is 0.246 e. The average Bonchev–Trinajstić information content (AvgIpc) is 3.61. The minimum Gasteiger partial charge on any atom is -0.493 e. The Morgan fingerprint density at radius 2 is 1.98 bits per heavy atom. The summed E-state index contributed by atoms with van der Waals surface area (Å²) in [6.07, 6.45) is 8.98. The van der Waals surface area contributed by atoms with Crippen molar-refractivity contribution in [3.8, 4) is 11.5 Å². The van der Waals surface area contributed by atoms with Gasteiger partial charge in [0.05, 0.1) is 30.6 Å². The van der Waals surface area contributed by atoms with Crippen molar-refractivity contribution in [2.45, 2.75) is 54.2 Å². The molecule has 3 heterocycles. The van der Waals surface area contributed by atoms with Crippen LogP contribution in [0.3, 0.4) is 0 Å². The van der Waals surface area contributed by atoms with Gasteiger partial charge in [-0.05, 0) is 67.5 Å². The number of sulfonamides is 1. The predicted octanol–water partition coefficient (Wildman–Crippen LogP) is 4.26. The Morgan fingerprint density at radius 1 is 1.15 bits per heavy atom. The normalized spacial score (nSPS) is 28.6. The summed E-state index contributed by atoms with van der Waals surface area (Å²) in [5.41, 5.74) is 2.71. The fraction of sp³-hybridized carbons (Fsp3) is 0.387. The van der Waals surface area contributed by atoms with Crippen LogP contribution in [-0.4, -0.2) is 62.4 Å². The van der Waals surface area contributed by atoms with Gasteiger partial charge in [-0.25, -0.2) is 8.42 Å². The Labute approximate surface area is 234 Å². The fourth-order valence-electron chi connectivity index (χ4n) is 7.88. The quantitative estimate of drug-likeness (QED) is 0.419. The van der Waals surface area contributed by atoms with Crippen molar-refractivity contribution in [3.05, 3.63) is 83.8 Å². The summed E-state index contributed by atoms with van der Waals surface area (Å²) in [6.45, 7) is 0.402. The monoisotopic (exact) mass is 560 g/mol. The highest BCUT2D eigenvalue weighted by Gasteiger charge is 2.67. The van der Waals surface area contributed by atoms with Crippen LogP contribution in [0, 0.1) is 5.92 Å². The molecule has 2 aromatic carbocycles. The highest BCUT2D eigenvalue weighted by Crippen LogP contribution is 2.64. The zero-order valence-corrected chi connectivity index (χ0v) is 23.3. The summed E-state index contributed by atoms with van der Waals surface area (Å²) in [5.74, 6) is 1.41. The lowest BCUT2D eigenvalue weighted by molar-refractivity contribution is -0.133. The minimum absolute atomic E-state index is 0.0758. The van der Waals surface area contributed by atoms with Crippen molar-refractivity contribution >= 4 is 22.0 Å². The molecule has 1 saturated carbocycles. The van der Waals surface area contributed by atoms with E-state index in [1.807, 2.05) is 19.2 Å². The molecule has 3 aromatic rings. The Hall–Kier alpha value is -3.56. The number of rotatable bonds is 6. The van der Waals surface area contributed by atoms with E-state index in [0.29, 0.717) is 30.0 Å². The molecule has 1 spiro atoms. The molecule has 208 valence electrons. The fourth-order valence-corrected chi connectivity index (χ4v) is 9.56. The van der Waals surface area contributed by atoms with Crippen LogP contribution in [0.5, 0.6) is 11.5 Å². The first-order valence-electron chi connectivity index (χ1n) is 13.8. The van der Waals surface area contributed by atoms with E-state index in [9.17, 15) is 13.2 Å². The van der Waals surface area contributed by atoms with Gasteiger partial charge in [0, 0.05) is 42.3 Å². The lowest BCUT2D eigenvalue weighted by Crippen LogP contribution is -2.69. The molecule has 9 heteroatoms. The summed E-state index contributed by atoms with van der Waals surface area (Å²) in [7, 11) is -0.185. The molecule has 2 aliphatic heterocycles. The highest BCUT2D eigenvalue weighted by atomic mass is 32.2. The maximum absolute atomic E-state index is 13.9. The van der Waals surface area contributed by atoms with Gasteiger partial charge in [-0.3, -0.25) is 4.79 Å². The van der Waals surface area contributed by atoms with Gasteiger partial charge in [-0.15, -0.1) is 0 Å². The number of hydrogen-bond donors (Lipinski definition) is 0. The van der Waals surface area contributed by atoms with E-state index in [1.165, 1.54) is 0 Å². The molecule has 2 bridgehead atoms. The van der Waals surface area contributed by atoms with Crippen LogP contribution in [0.2, 0.25) is 0 Å². The number of carbonyl (C=O) groups excluding carboxylic acids is 1. The van der Waals surface area contributed by atoms with E-state index in [1.54, 1.807) is 71.3 Å². The first-order chi connectivity index (χ1) is 19.4. The molecule has 7 rings (SSSR count). The van der Waals surface area contributed by atoms with Crippen LogP contribution in [0.1, 0.15) is 36.0 Å². The van der Waals surface area contributed by atoms with Crippen LogP contribution in [-0.2, 0) is 26.7 Å². The van der Waals surface area contributed by atoms with Gasteiger partial charge in [-0.2, -0.15) is 4.31 Å². The highest BCUT2D eigenvalue weighted by molar-refractivity contribution is 7.89. The van der Waals surface area contributed by atoms with Gasteiger partial charge >= 0.3 is 0 Å². The van der Waals surface area contributed by atoms with Crippen molar-refractivity contribution in [3.63, 3.8) is 0 Å². The largest absolute Gasteiger partial charge is 0.493 e. The van der Waals surface area contributed by atoms with Crippen molar-refractivity contribution in [1.82, 2.24) is 9.21 Å². The number of benzene rings is 2. The zero-order valence-electron chi connectivity index (χ0n) is 22.5. The Balaban J connectivity index is 1.29. The third-order valence-corrected chi connectivity index (χ3v) is 11.5. The smallest absolute Gasteiger partial charge is 0.246 e. The summed E-state index contributed by atoms with van der Waals surface area (Å²) in [5, 5.41) is 0. The van der Waals surface area contributed by atoms with Crippen LogP contribution in [0.15, 0.2) is 76.4 Å². The standard InChI is InChI=1S/C31H32N2O6S/c1-32(27(34)13-8-20-14-17-38-19-20)24-11-10-23-25-18-21-9-12-26(37-2)29-28(21)31(23,30(24)39-29)15-16-33(25)40(35,36)22-6-4-3-5-7-22/h3-9,12-14,17,19,23-25,30H,10-11,15-16,18H2,1-2H3/b13-8+/t23-,24-,25+,30-,31-/m0/s1. The molecule has 0 N–H and O–H groups in total. The molecular formula is C31H32N2O6S. The van der Waals surface area contributed by atoms with E-state index in [2.05, 4.69) is 6.07 Å². The van der Waals surface area contributed by atoms with Gasteiger partial charge in [0.25, 0.3) is 0 Å². The second kappa shape index (κ2) is 9.24. The molecule has 1 amide bonds. The maximum atomic E-state index is 13.9. The summed E-state index contributed by atoms with van der Waals surface area (Å²) in [6, 6.07) is 14.2.